The SMILES string of the molecule is C[C@@H]1CN[C@H]2[C@@H](C)C3(CC[C@H]4[C@@H]5CC=C6C[C@@H](O)CC[C@]6(C)[C@H]5CC45CC53C)O[C@@H]2C1. The van der Waals surface area contributed by atoms with Gasteiger partial charge in [-0.15, -0.1) is 0 Å². The second-order valence-corrected chi connectivity index (χ2v) is 13.7. The van der Waals surface area contributed by atoms with Gasteiger partial charge in [0.2, 0.25) is 0 Å². The highest BCUT2D eigenvalue weighted by molar-refractivity contribution is 5.36. The van der Waals surface area contributed by atoms with Gasteiger partial charge in [-0.25, -0.2) is 0 Å². The van der Waals surface area contributed by atoms with Crippen LogP contribution in [0, 0.1) is 45.8 Å². The van der Waals surface area contributed by atoms with E-state index < -0.39 is 0 Å². The summed E-state index contributed by atoms with van der Waals surface area (Å²) in [5, 5.41) is 14.2. The molecule has 31 heavy (non-hydrogen) atoms. The van der Waals surface area contributed by atoms with Gasteiger partial charge < -0.3 is 15.2 Å². The molecule has 2 N–H and O–H groups in total. The van der Waals surface area contributed by atoms with Gasteiger partial charge in [-0.2, -0.15) is 0 Å². The number of rotatable bonds is 0. The first kappa shape index (κ1) is 20.0. The maximum Gasteiger partial charge on any atom is 0.0787 e. The first-order chi connectivity index (χ1) is 14.7. The Kier molecular flexibility index (Phi) is 3.87. The number of ether oxygens (including phenoxy) is 1. The molecule has 0 aromatic carbocycles. The summed E-state index contributed by atoms with van der Waals surface area (Å²) in [6.07, 6.45) is 14.1. The molecule has 2 saturated heterocycles. The number of allylic oxidation sites excluding steroid dienone is 1. The Morgan fingerprint density at radius 1 is 1.13 bits per heavy atom. The summed E-state index contributed by atoms with van der Waals surface area (Å²) in [6.45, 7) is 11.3. The second-order valence-electron chi connectivity index (χ2n) is 13.7. The fourth-order valence-electron chi connectivity index (χ4n) is 11.1. The Hall–Kier alpha value is -0.380. The number of nitrogens with one attached hydrogen (secondary N) is 1. The van der Waals surface area contributed by atoms with Gasteiger partial charge in [0, 0.05) is 17.4 Å². The predicted octanol–water partition coefficient (Wildman–Crippen LogP) is 5.08. The van der Waals surface area contributed by atoms with E-state index in [1.54, 1.807) is 5.57 Å². The number of aliphatic hydroxyl groups is 1. The maximum atomic E-state index is 10.3. The van der Waals surface area contributed by atoms with E-state index in [1.165, 1.54) is 44.9 Å². The fourth-order valence-corrected chi connectivity index (χ4v) is 11.1. The van der Waals surface area contributed by atoms with Gasteiger partial charge in [0.15, 0.2) is 0 Å². The minimum atomic E-state index is -0.0989. The molecule has 2 heterocycles. The van der Waals surface area contributed by atoms with E-state index in [0.717, 1.165) is 43.1 Å². The lowest BCUT2D eigenvalue weighted by Gasteiger charge is -2.50. The summed E-state index contributed by atoms with van der Waals surface area (Å²) < 4.78 is 7.23. The minimum absolute atomic E-state index is 0.0989. The molecule has 172 valence electrons. The van der Waals surface area contributed by atoms with Crippen molar-refractivity contribution >= 4 is 0 Å². The Morgan fingerprint density at radius 2 is 1.97 bits per heavy atom. The molecule has 4 saturated carbocycles. The van der Waals surface area contributed by atoms with Gasteiger partial charge in [-0.3, -0.25) is 0 Å². The molecule has 2 aliphatic heterocycles. The van der Waals surface area contributed by atoms with Crippen LogP contribution in [0.4, 0.5) is 0 Å². The molecule has 0 aromatic heterocycles. The van der Waals surface area contributed by atoms with Gasteiger partial charge in [0.25, 0.3) is 0 Å². The molecule has 3 nitrogen and oxygen atoms in total. The summed E-state index contributed by atoms with van der Waals surface area (Å²) in [6, 6.07) is 0.566. The summed E-state index contributed by atoms with van der Waals surface area (Å²) in [5.74, 6) is 3.98. The lowest BCUT2D eigenvalue weighted by atomic mass is 9.56. The molecule has 3 heteroatoms. The van der Waals surface area contributed by atoms with Gasteiger partial charge in [0.05, 0.1) is 17.8 Å². The summed E-state index contributed by atoms with van der Waals surface area (Å²) in [5.41, 5.74) is 2.94. The normalized spacial score (nSPS) is 64.1. The number of piperidine rings is 1. The zero-order chi connectivity index (χ0) is 21.4. The number of fused-ring (bicyclic) bond motifs is 6. The van der Waals surface area contributed by atoms with Crippen molar-refractivity contribution in [3.63, 3.8) is 0 Å². The van der Waals surface area contributed by atoms with Crippen molar-refractivity contribution < 1.29 is 9.84 Å². The standard InChI is InChI=1S/C28H43NO2/c1-16-11-23-24(29-14-16)17(2)28(31-23)10-8-21-20-6-5-18-12-19(30)7-9-25(18,3)22(20)13-27(21)15-26(27,28)4/h5,16-17,19-24,29-30H,6-15H2,1-4H3/t16-,17+,19-,20-,21-,22-,23+,24-,25-,26?,27?,28?/m0/s1. The van der Waals surface area contributed by atoms with Crippen LogP contribution in [0.2, 0.25) is 0 Å². The van der Waals surface area contributed by atoms with E-state index in [-0.39, 0.29) is 11.7 Å². The van der Waals surface area contributed by atoms with Crippen molar-refractivity contribution in [3.05, 3.63) is 11.6 Å². The summed E-state index contributed by atoms with van der Waals surface area (Å²) in [4.78, 5) is 0. The van der Waals surface area contributed by atoms with Gasteiger partial charge >= 0.3 is 0 Å². The molecule has 7 rings (SSSR count). The van der Waals surface area contributed by atoms with E-state index in [9.17, 15) is 5.11 Å². The number of hydrogen-bond donors (Lipinski definition) is 2. The van der Waals surface area contributed by atoms with Crippen LogP contribution in [0.3, 0.4) is 0 Å². The quantitative estimate of drug-likeness (QED) is 0.532. The number of aliphatic hydroxyl groups excluding tert-OH is 1. The van der Waals surface area contributed by atoms with Crippen LogP contribution in [0.1, 0.15) is 85.5 Å². The Morgan fingerprint density at radius 3 is 2.81 bits per heavy atom. The third kappa shape index (κ3) is 2.19. The van der Waals surface area contributed by atoms with E-state index in [2.05, 4.69) is 39.1 Å². The maximum absolute atomic E-state index is 10.3. The van der Waals surface area contributed by atoms with Crippen molar-refractivity contribution in [2.75, 3.05) is 6.54 Å². The van der Waals surface area contributed by atoms with Crippen molar-refractivity contribution in [1.29, 1.82) is 0 Å². The van der Waals surface area contributed by atoms with Gasteiger partial charge in [0.1, 0.15) is 0 Å². The average molecular weight is 426 g/mol. The largest absolute Gasteiger partial charge is 0.393 e. The van der Waals surface area contributed by atoms with E-state index >= 15 is 0 Å². The molecule has 0 amide bonds. The molecule has 2 spiro atoms. The van der Waals surface area contributed by atoms with Crippen LogP contribution in [0.5, 0.6) is 0 Å². The zero-order valence-corrected chi connectivity index (χ0v) is 20.1. The molecule has 5 aliphatic carbocycles. The molecule has 0 bridgehead atoms. The van der Waals surface area contributed by atoms with Gasteiger partial charge in [-0.1, -0.05) is 39.3 Å². The minimum Gasteiger partial charge on any atom is -0.393 e. The van der Waals surface area contributed by atoms with Gasteiger partial charge in [-0.05, 0) is 98.8 Å². The second kappa shape index (κ2) is 5.99. The van der Waals surface area contributed by atoms with Crippen LogP contribution in [0.25, 0.3) is 0 Å². The highest BCUT2D eigenvalue weighted by Gasteiger charge is 2.84. The molecule has 6 fully saturated rings. The van der Waals surface area contributed by atoms with Crippen LogP contribution >= 0.6 is 0 Å². The molecular weight excluding hydrogens is 382 g/mol. The topological polar surface area (TPSA) is 41.5 Å². The Balaban J connectivity index is 1.23. The first-order valence-corrected chi connectivity index (χ1v) is 13.5. The predicted molar refractivity (Wildman–Crippen MR) is 122 cm³/mol. The third-order valence-electron chi connectivity index (χ3n) is 12.7. The lowest BCUT2D eigenvalue weighted by Crippen LogP contribution is -2.53. The molecule has 3 unspecified atom stereocenters. The van der Waals surface area contributed by atoms with E-state index in [4.69, 9.17) is 4.74 Å². The lowest BCUT2D eigenvalue weighted by molar-refractivity contribution is -0.146. The van der Waals surface area contributed by atoms with E-state index in [0.29, 0.717) is 34.3 Å². The van der Waals surface area contributed by atoms with Crippen molar-refractivity contribution in [1.82, 2.24) is 5.32 Å². The van der Waals surface area contributed by atoms with E-state index in [1.807, 2.05) is 0 Å². The summed E-state index contributed by atoms with van der Waals surface area (Å²) >= 11 is 0. The number of hydrogen-bond acceptors (Lipinski definition) is 3. The monoisotopic (exact) mass is 425 g/mol. The highest BCUT2D eigenvalue weighted by atomic mass is 16.5. The molecule has 0 aromatic rings. The molecule has 12 atom stereocenters. The average Bonchev–Trinajstić information content (AvgIpc) is 3.08. The summed E-state index contributed by atoms with van der Waals surface area (Å²) in [7, 11) is 0. The van der Waals surface area contributed by atoms with Crippen LogP contribution in [-0.4, -0.2) is 35.5 Å². The molecular formula is C28H43NO2. The van der Waals surface area contributed by atoms with Crippen LogP contribution in [-0.2, 0) is 4.74 Å². The van der Waals surface area contributed by atoms with Crippen LogP contribution < -0.4 is 5.32 Å². The third-order valence-corrected chi connectivity index (χ3v) is 12.7. The first-order valence-electron chi connectivity index (χ1n) is 13.5. The van der Waals surface area contributed by atoms with Crippen molar-refractivity contribution in [3.8, 4) is 0 Å². The highest BCUT2D eigenvalue weighted by Crippen LogP contribution is 2.87. The van der Waals surface area contributed by atoms with Crippen LogP contribution in [0.15, 0.2) is 11.6 Å². The molecule has 7 aliphatic rings. The smallest absolute Gasteiger partial charge is 0.0787 e. The van der Waals surface area contributed by atoms with Crippen molar-refractivity contribution in [2.24, 2.45) is 45.8 Å². The zero-order valence-electron chi connectivity index (χ0n) is 20.1. The Bertz CT molecular complexity index is 839. The molecule has 0 radical (unpaired) electrons. The van der Waals surface area contributed by atoms with Crippen molar-refractivity contribution in [2.45, 2.75) is 109 Å². The Labute approximate surface area is 188 Å². The fraction of sp³-hybridized carbons (Fsp3) is 0.929.